The van der Waals surface area contributed by atoms with Gasteiger partial charge in [-0.2, -0.15) is 0 Å². The molecular weight excluding hydrogens is 504 g/mol. The summed E-state index contributed by atoms with van der Waals surface area (Å²) in [6.07, 6.45) is 0.805. The van der Waals surface area contributed by atoms with E-state index in [-0.39, 0.29) is 11.5 Å². The Morgan fingerprint density at radius 3 is 1.52 bits per heavy atom. The van der Waals surface area contributed by atoms with E-state index < -0.39 is 0 Å². The quantitative estimate of drug-likeness (QED) is 0.198. The van der Waals surface area contributed by atoms with Crippen LogP contribution < -0.4 is 20.5 Å². The summed E-state index contributed by atoms with van der Waals surface area (Å²) in [5.74, 6) is 1.67. The third-order valence-electron chi connectivity index (χ3n) is 5.65. The van der Waals surface area contributed by atoms with E-state index in [4.69, 9.17) is 20.3 Å². The summed E-state index contributed by atoms with van der Waals surface area (Å²) in [7, 11) is 4.28. The van der Waals surface area contributed by atoms with Gasteiger partial charge in [-0.05, 0) is 66.9 Å². The van der Waals surface area contributed by atoms with Gasteiger partial charge in [-0.1, -0.05) is 72.8 Å². The van der Waals surface area contributed by atoms with Crippen molar-refractivity contribution < 1.29 is 24.9 Å². The first kappa shape index (κ1) is 36.0. The largest absolute Gasteiger partial charge is 0.497 e. The number of nitrogens with one attached hydrogen (secondary N) is 1. The predicted molar refractivity (Wildman–Crippen MR) is 165 cm³/mol. The number of hydrogen-bond donors (Lipinski definition) is 3. The van der Waals surface area contributed by atoms with Gasteiger partial charge in [0.15, 0.2) is 0 Å². The number of carbonyl (C=O) groups is 1. The molecule has 4 aromatic rings. The number of aliphatic hydroxyl groups excluding tert-OH is 1. The molecule has 0 radical (unpaired) electrons. The smallest absolute Gasteiger partial charge is 0.150 e. The van der Waals surface area contributed by atoms with Crippen LogP contribution in [0.1, 0.15) is 53.0 Å². The zero-order chi connectivity index (χ0) is 28.9. The zero-order valence-electron chi connectivity index (χ0n) is 24.2. The lowest BCUT2D eigenvalue weighted by Crippen LogP contribution is -2.17. The molecule has 7 heteroatoms. The van der Waals surface area contributed by atoms with Crippen molar-refractivity contribution in [1.82, 2.24) is 5.32 Å². The van der Waals surface area contributed by atoms with Gasteiger partial charge in [-0.25, -0.2) is 0 Å². The second kappa shape index (κ2) is 21.9. The number of aldehydes is 1. The molecule has 0 bridgehead atoms. The number of benzene rings is 4. The van der Waals surface area contributed by atoms with Gasteiger partial charge in [-0.3, -0.25) is 4.79 Å². The van der Waals surface area contributed by atoms with Crippen LogP contribution in [0.15, 0.2) is 109 Å². The van der Waals surface area contributed by atoms with E-state index in [1.165, 1.54) is 16.7 Å². The highest BCUT2D eigenvalue weighted by Gasteiger charge is 2.03. The van der Waals surface area contributed by atoms with Crippen LogP contribution >= 0.6 is 0 Å². The molecule has 0 aliphatic carbocycles. The molecule has 0 fully saturated rings. The minimum absolute atomic E-state index is 0. The highest BCUT2D eigenvalue weighted by molar-refractivity contribution is 5.74. The van der Waals surface area contributed by atoms with E-state index in [0.29, 0.717) is 11.6 Å². The Bertz CT molecular complexity index is 1140. The first-order valence-corrected chi connectivity index (χ1v) is 12.7. The van der Waals surface area contributed by atoms with E-state index in [1.54, 1.807) is 38.5 Å². The molecular formula is C33H45N2O5+. The topological polar surface area (TPSA) is 127 Å². The lowest BCUT2D eigenvalue weighted by molar-refractivity contribution is 0.112. The number of methoxy groups -OCH3 is 2. The van der Waals surface area contributed by atoms with Crippen molar-refractivity contribution in [2.45, 2.75) is 32.5 Å². The molecule has 2 unspecified atom stereocenters. The first-order chi connectivity index (χ1) is 19.0. The Morgan fingerprint density at radius 2 is 1.15 bits per heavy atom. The SMILES string of the molecule is CC(N)c1ccccc1.CO.COc1ccc(C=O)cc1.COc1ccc(CNC(C)c2ccccc2)cc1.[OH3+]. The summed E-state index contributed by atoms with van der Waals surface area (Å²) in [5.41, 5.74) is 10.0. The van der Waals surface area contributed by atoms with Gasteiger partial charge in [0.2, 0.25) is 0 Å². The predicted octanol–water partition coefficient (Wildman–Crippen LogP) is 5.45. The number of aliphatic hydroxyl groups is 1. The van der Waals surface area contributed by atoms with Gasteiger partial charge in [0, 0.05) is 31.3 Å². The highest BCUT2D eigenvalue weighted by Crippen LogP contribution is 2.14. The molecule has 0 aromatic heterocycles. The van der Waals surface area contributed by atoms with E-state index in [9.17, 15) is 4.79 Å². The van der Waals surface area contributed by atoms with Crippen molar-refractivity contribution in [2.75, 3.05) is 21.3 Å². The lowest BCUT2D eigenvalue weighted by atomic mass is 10.1. The lowest BCUT2D eigenvalue weighted by Gasteiger charge is -2.14. The maximum Gasteiger partial charge on any atom is 0.150 e. The van der Waals surface area contributed by atoms with Crippen molar-refractivity contribution >= 4 is 6.29 Å². The molecule has 0 aliphatic heterocycles. The molecule has 0 amide bonds. The molecule has 7 nitrogen and oxygen atoms in total. The number of nitrogens with two attached hydrogens (primary N) is 1. The number of rotatable bonds is 8. The Balaban J connectivity index is 0.000000590. The number of hydrogen-bond acceptors (Lipinski definition) is 6. The minimum atomic E-state index is 0. The van der Waals surface area contributed by atoms with Gasteiger partial charge >= 0.3 is 0 Å². The molecule has 40 heavy (non-hydrogen) atoms. The second-order valence-electron chi connectivity index (χ2n) is 8.45. The van der Waals surface area contributed by atoms with Crippen LogP contribution in [0.3, 0.4) is 0 Å². The summed E-state index contributed by atoms with van der Waals surface area (Å²) in [6, 6.07) is 36.1. The van der Waals surface area contributed by atoms with Crippen LogP contribution in [0, 0.1) is 0 Å². The summed E-state index contributed by atoms with van der Waals surface area (Å²) in [4.78, 5) is 10.2. The summed E-state index contributed by atoms with van der Waals surface area (Å²) < 4.78 is 10.0. The molecule has 7 N–H and O–H groups in total. The van der Waals surface area contributed by atoms with Crippen LogP contribution in [-0.2, 0) is 12.0 Å². The second-order valence-corrected chi connectivity index (χ2v) is 8.45. The zero-order valence-corrected chi connectivity index (χ0v) is 24.2. The van der Waals surface area contributed by atoms with Crippen LogP contribution in [0.2, 0.25) is 0 Å². The Labute approximate surface area is 238 Å². The third-order valence-corrected chi connectivity index (χ3v) is 5.65. The fourth-order valence-corrected chi connectivity index (χ4v) is 3.31. The van der Waals surface area contributed by atoms with Crippen molar-refractivity contribution in [1.29, 1.82) is 0 Å². The maximum absolute atomic E-state index is 10.2. The highest BCUT2D eigenvalue weighted by atomic mass is 16.5. The Kier molecular flexibility index (Phi) is 19.7. The van der Waals surface area contributed by atoms with Crippen LogP contribution in [0.5, 0.6) is 11.5 Å². The minimum Gasteiger partial charge on any atom is -0.497 e. The molecule has 0 aliphatic rings. The van der Waals surface area contributed by atoms with Crippen LogP contribution in [0.4, 0.5) is 0 Å². The van der Waals surface area contributed by atoms with E-state index in [0.717, 1.165) is 31.4 Å². The van der Waals surface area contributed by atoms with Crippen LogP contribution in [-0.4, -0.2) is 32.7 Å². The monoisotopic (exact) mass is 549 g/mol. The Hall–Kier alpha value is -4.01. The van der Waals surface area contributed by atoms with Gasteiger partial charge in [0.25, 0.3) is 0 Å². The van der Waals surface area contributed by atoms with Gasteiger partial charge in [0.05, 0.1) is 14.2 Å². The molecule has 0 saturated carbocycles. The Morgan fingerprint density at radius 1 is 0.725 bits per heavy atom. The summed E-state index contributed by atoms with van der Waals surface area (Å²) >= 11 is 0. The third kappa shape index (κ3) is 14.2. The number of carbonyl (C=O) groups excluding carboxylic acids is 1. The van der Waals surface area contributed by atoms with Crippen molar-refractivity contribution in [2.24, 2.45) is 5.73 Å². The fourth-order valence-electron chi connectivity index (χ4n) is 3.31. The van der Waals surface area contributed by atoms with Crippen molar-refractivity contribution in [3.63, 3.8) is 0 Å². The van der Waals surface area contributed by atoms with Gasteiger partial charge in [-0.15, -0.1) is 0 Å². The molecule has 2 atom stereocenters. The molecule has 0 saturated heterocycles. The van der Waals surface area contributed by atoms with E-state index >= 15 is 0 Å². The molecule has 0 heterocycles. The molecule has 0 spiro atoms. The maximum atomic E-state index is 10.2. The average Bonchev–Trinajstić information content (AvgIpc) is 3.02. The fraction of sp³-hybridized carbons (Fsp3) is 0.242. The van der Waals surface area contributed by atoms with Gasteiger partial charge in [0.1, 0.15) is 17.8 Å². The molecule has 4 aromatic carbocycles. The van der Waals surface area contributed by atoms with Crippen molar-refractivity contribution in [3.8, 4) is 11.5 Å². The van der Waals surface area contributed by atoms with E-state index in [1.807, 2.05) is 55.5 Å². The molecule has 216 valence electrons. The first-order valence-electron chi connectivity index (χ1n) is 12.7. The summed E-state index contributed by atoms with van der Waals surface area (Å²) in [6.45, 7) is 5.02. The normalized spacial score (nSPS) is 10.8. The van der Waals surface area contributed by atoms with Crippen molar-refractivity contribution in [3.05, 3.63) is 131 Å². The van der Waals surface area contributed by atoms with Gasteiger partial charge < -0.3 is 31.1 Å². The van der Waals surface area contributed by atoms with Crippen LogP contribution in [0.25, 0.3) is 0 Å². The standard InChI is InChI=1S/C16H19NO.C8H11N.C8H8O2.CH4O.H2O/c1-13(15-6-4-3-5-7-15)17-12-14-8-10-16(18-2)11-9-14;1-7(9)8-5-3-2-4-6-8;1-10-8-4-2-7(6-9)3-5-8;1-2;/h3-11,13,17H,12H2,1-2H3;2-7H,9H2,1H3;2-6H,1H3;2H,1H3;1H2/p+1. The average molecular weight is 550 g/mol. The van der Waals surface area contributed by atoms with E-state index in [2.05, 4.69) is 48.6 Å². The molecule has 4 rings (SSSR count). The summed E-state index contributed by atoms with van der Waals surface area (Å²) in [5, 5.41) is 10.5. The number of ether oxygens (including phenoxy) is 2.